The smallest absolute Gasteiger partial charge is 0.0534 e. The molecular formula is C38H50S2. The average Bonchev–Trinajstić information content (AvgIpc) is 3.53. The van der Waals surface area contributed by atoms with Crippen molar-refractivity contribution in [1.82, 2.24) is 0 Å². The Morgan fingerprint density at radius 3 is 1.15 bits per heavy atom. The first-order chi connectivity index (χ1) is 19.8. The molecule has 2 heteroatoms. The molecule has 0 fully saturated rings. The van der Waals surface area contributed by atoms with Crippen molar-refractivity contribution in [2.24, 2.45) is 0 Å². The van der Waals surface area contributed by atoms with Crippen LogP contribution in [0, 0.1) is 0 Å². The third-order valence-electron chi connectivity index (χ3n) is 8.85. The molecule has 0 bridgehead atoms. The summed E-state index contributed by atoms with van der Waals surface area (Å²) in [6, 6.07) is 19.3. The Balaban J connectivity index is 1.22. The molecular weight excluding hydrogens is 521 g/mol. The minimum Gasteiger partial charge on any atom is -0.134 e. The molecule has 3 aromatic carbocycles. The summed E-state index contributed by atoms with van der Waals surface area (Å²) in [4.78, 5) is 0. The maximum absolute atomic E-state index is 2.49. The Morgan fingerprint density at radius 2 is 0.750 bits per heavy atom. The van der Waals surface area contributed by atoms with E-state index in [-0.39, 0.29) is 0 Å². The Kier molecular flexibility index (Phi) is 11.4. The van der Waals surface area contributed by atoms with Crippen molar-refractivity contribution in [3.05, 3.63) is 59.7 Å². The van der Waals surface area contributed by atoms with Crippen LogP contribution >= 0.6 is 22.7 Å². The molecule has 40 heavy (non-hydrogen) atoms. The summed E-state index contributed by atoms with van der Waals surface area (Å²) in [5.74, 6) is 0. The zero-order valence-corrected chi connectivity index (χ0v) is 26.8. The van der Waals surface area contributed by atoms with Crippen molar-refractivity contribution in [2.45, 2.75) is 129 Å². The topological polar surface area (TPSA) is 0 Å². The molecule has 0 unspecified atom stereocenters. The highest BCUT2D eigenvalue weighted by molar-refractivity contribution is 7.33. The molecule has 0 amide bonds. The lowest BCUT2D eigenvalue weighted by molar-refractivity contribution is 0.575. The summed E-state index contributed by atoms with van der Waals surface area (Å²) < 4.78 is 5.91. The van der Waals surface area contributed by atoms with E-state index in [2.05, 4.69) is 62.4 Å². The fraction of sp³-hybridized carbons (Fsp3) is 0.526. The van der Waals surface area contributed by atoms with E-state index < -0.39 is 0 Å². The lowest BCUT2D eigenvalue weighted by Gasteiger charge is -2.03. The second-order valence-electron chi connectivity index (χ2n) is 12.1. The number of rotatable bonds is 18. The third-order valence-corrected chi connectivity index (χ3v) is 11.3. The monoisotopic (exact) mass is 570 g/mol. The molecule has 5 aromatic rings. The first kappa shape index (κ1) is 29.6. The summed E-state index contributed by atoms with van der Waals surface area (Å²) in [6.45, 7) is 4.60. The molecule has 0 aliphatic rings. The highest BCUT2D eigenvalue weighted by Gasteiger charge is 2.13. The average molecular weight is 571 g/mol. The molecule has 214 valence electrons. The Morgan fingerprint density at radius 1 is 0.400 bits per heavy atom. The predicted molar refractivity (Wildman–Crippen MR) is 185 cm³/mol. The molecule has 5 rings (SSSR count). The van der Waals surface area contributed by atoms with Gasteiger partial charge in [0.25, 0.3) is 0 Å². The van der Waals surface area contributed by atoms with Crippen molar-refractivity contribution in [1.29, 1.82) is 0 Å². The van der Waals surface area contributed by atoms with E-state index in [1.54, 1.807) is 0 Å². The molecule has 2 aromatic heterocycles. The van der Waals surface area contributed by atoms with E-state index in [4.69, 9.17) is 0 Å². The standard InChI is InChI=1S/C38H50S2/c1-3-5-7-9-11-13-15-17-19-29-21-23-31-33-25-26-34-32-24-22-30(20-18-16-14-12-10-8-6-4-2)28-36(32)40-38(34)37(33)39-35(31)27-29/h21-28H,3-20H2,1-2H3. The largest absolute Gasteiger partial charge is 0.134 e. The van der Waals surface area contributed by atoms with Gasteiger partial charge in [-0.15, -0.1) is 22.7 Å². The summed E-state index contributed by atoms with van der Waals surface area (Å²) in [7, 11) is 0. The number of unbranched alkanes of at least 4 members (excludes halogenated alkanes) is 14. The highest BCUT2D eigenvalue weighted by Crippen LogP contribution is 2.44. The van der Waals surface area contributed by atoms with Crippen LogP contribution in [0.2, 0.25) is 0 Å². The van der Waals surface area contributed by atoms with E-state index in [0.29, 0.717) is 0 Å². The molecule has 0 aliphatic carbocycles. The molecule has 0 spiro atoms. The van der Waals surface area contributed by atoms with Crippen LogP contribution in [0.5, 0.6) is 0 Å². The minimum absolute atomic E-state index is 1.22. The molecule has 2 heterocycles. The van der Waals surface area contributed by atoms with E-state index in [9.17, 15) is 0 Å². The summed E-state index contributed by atoms with van der Waals surface area (Å²) in [5.41, 5.74) is 3.03. The van der Waals surface area contributed by atoms with Gasteiger partial charge in [-0.3, -0.25) is 0 Å². The predicted octanol–water partition coefficient (Wildman–Crippen LogP) is 13.8. The highest BCUT2D eigenvalue weighted by atomic mass is 32.1. The SMILES string of the molecule is CCCCCCCCCCc1ccc2c(c1)sc1c2ccc2c3ccc(CCCCCCCCCC)cc3sc21. The van der Waals surface area contributed by atoms with Crippen LogP contribution in [0.1, 0.15) is 128 Å². The summed E-state index contributed by atoms with van der Waals surface area (Å²) in [6.07, 6.45) is 24.7. The van der Waals surface area contributed by atoms with E-state index in [1.807, 2.05) is 22.7 Å². The first-order valence-electron chi connectivity index (χ1n) is 16.6. The number of thiophene rings is 2. The van der Waals surface area contributed by atoms with E-state index in [0.717, 1.165) is 0 Å². The fourth-order valence-electron chi connectivity index (χ4n) is 6.39. The maximum atomic E-state index is 2.49. The normalized spacial score (nSPS) is 12.1. The van der Waals surface area contributed by atoms with Crippen molar-refractivity contribution in [3.8, 4) is 0 Å². The van der Waals surface area contributed by atoms with Crippen LogP contribution in [0.25, 0.3) is 40.3 Å². The quantitative estimate of drug-likeness (QED) is 0.0919. The van der Waals surface area contributed by atoms with Crippen LogP contribution in [-0.2, 0) is 12.8 Å². The molecule has 0 saturated carbocycles. The van der Waals surface area contributed by atoms with Crippen molar-refractivity contribution >= 4 is 63.0 Å². The Bertz CT molecular complexity index is 1370. The van der Waals surface area contributed by atoms with Crippen LogP contribution in [0.4, 0.5) is 0 Å². The molecule has 0 radical (unpaired) electrons. The molecule has 0 nitrogen and oxygen atoms in total. The minimum atomic E-state index is 1.22. The Labute approximate surface area is 251 Å². The van der Waals surface area contributed by atoms with Gasteiger partial charge >= 0.3 is 0 Å². The second-order valence-corrected chi connectivity index (χ2v) is 14.2. The molecule has 0 aliphatic heterocycles. The van der Waals surface area contributed by atoms with E-state index >= 15 is 0 Å². The number of hydrogen-bond donors (Lipinski definition) is 0. The van der Waals surface area contributed by atoms with Gasteiger partial charge in [-0.2, -0.15) is 0 Å². The van der Waals surface area contributed by atoms with Gasteiger partial charge in [0.1, 0.15) is 0 Å². The lowest BCUT2D eigenvalue weighted by Crippen LogP contribution is -1.86. The zero-order valence-electron chi connectivity index (χ0n) is 25.2. The van der Waals surface area contributed by atoms with Gasteiger partial charge in [0.2, 0.25) is 0 Å². The third kappa shape index (κ3) is 7.48. The van der Waals surface area contributed by atoms with Crippen molar-refractivity contribution in [2.75, 3.05) is 0 Å². The number of benzene rings is 3. The number of fused-ring (bicyclic) bond motifs is 7. The van der Waals surface area contributed by atoms with Crippen LogP contribution in [-0.4, -0.2) is 0 Å². The Hall–Kier alpha value is -1.90. The maximum Gasteiger partial charge on any atom is 0.0534 e. The first-order valence-corrected chi connectivity index (χ1v) is 18.2. The second kappa shape index (κ2) is 15.4. The number of hydrogen-bond acceptors (Lipinski definition) is 2. The van der Waals surface area contributed by atoms with Crippen LogP contribution in [0.3, 0.4) is 0 Å². The van der Waals surface area contributed by atoms with Gasteiger partial charge in [-0.1, -0.05) is 140 Å². The molecule has 0 atom stereocenters. The van der Waals surface area contributed by atoms with Gasteiger partial charge in [0, 0.05) is 30.9 Å². The zero-order chi connectivity index (χ0) is 27.6. The number of aryl methyl sites for hydroxylation is 2. The van der Waals surface area contributed by atoms with Gasteiger partial charge in [0.15, 0.2) is 0 Å². The molecule has 0 N–H and O–H groups in total. The van der Waals surface area contributed by atoms with Crippen molar-refractivity contribution < 1.29 is 0 Å². The van der Waals surface area contributed by atoms with Gasteiger partial charge in [-0.25, -0.2) is 0 Å². The lowest BCUT2D eigenvalue weighted by atomic mass is 10.0. The van der Waals surface area contributed by atoms with Gasteiger partial charge in [-0.05, 0) is 48.9 Å². The van der Waals surface area contributed by atoms with Crippen LogP contribution in [0.15, 0.2) is 48.5 Å². The summed E-state index contributed by atoms with van der Waals surface area (Å²) >= 11 is 4.03. The van der Waals surface area contributed by atoms with Gasteiger partial charge < -0.3 is 0 Å². The summed E-state index contributed by atoms with van der Waals surface area (Å²) in [5, 5.41) is 5.76. The fourth-order valence-corrected chi connectivity index (χ4v) is 9.06. The molecule has 0 saturated heterocycles. The van der Waals surface area contributed by atoms with Gasteiger partial charge in [0.05, 0.1) is 9.40 Å². The van der Waals surface area contributed by atoms with E-state index in [1.165, 1.54) is 167 Å². The van der Waals surface area contributed by atoms with Crippen LogP contribution < -0.4 is 0 Å². The van der Waals surface area contributed by atoms with Crippen molar-refractivity contribution in [3.63, 3.8) is 0 Å².